The Hall–Kier alpha value is -1.43. The van der Waals surface area contributed by atoms with Gasteiger partial charge in [-0.15, -0.1) is 0 Å². The van der Waals surface area contributed by atoms with E-state index in [0.717, 1.165) is 30.8 Å². The summed E-state index contributed by atoms with van der Waals surface area (Å²) in [5, 5.41) is 13.7. The van der Waals surface area contributed by atoms with Gasteiger partial charge in [0.2, 0.25) is 0 Å². The van der Waals surface area contributed by atoms with Gasteiger partial charge in [-0.2, -0.15) is 11.8 Å². The van der Waals surface area contributed by atoms with E-state index in [-0.39, 0.29) is 5.69 Å². The quantitative estimate of drug-likeness (QED) is 0.339. The molecule has 0 aromatic heterocycles. The molecule has 17 heavy (non-hydrogen) atoms. The molecule has 1 aromatic rings. The largest absolute Gasteiger partial charge is 0.397 e. The molecule has 0 atom stereocenters. The first-order valence-electron chi connectivity index (χ1n) is 5.42. The summed E-state index contributed by atoms with van der Waals surface area (Å²) < 4.78 is 0. The Morgan fingerprint density at radius 2 is 2.24 bits per heavy atom. The van der Waals surface area contributed by atoms with Gasteiger partial charge >= 0.3 is 0 Å². The number of nitrogens with zero attached hydrogens (tertiary/aromatic N) is 1. The first-order valence-corrected chi connectivity index (χ1v) is 6.81. The predicted octanol–water partition coefficient (Wildman–Crippen LogP) is 2.73. The van der Waals surface area contributed by atoms with Crippen molar-refractivity contribution in [1.82, 2.24) is 0 Å². The second kappa shape index (κ2) is 7.01. The summed E-state index contributed by atoms with van der Waals surface area (Å²) in [6.45, 7) is 0.836. The van der Waals surface area contributed by atoms with Crippen LogP contribution in [0.2, 0.25) is 0 Å². The lowest BCUT2D eigenvalue weighted by Gasteiger charge is -2.08. The van der Waals surface area contributed by atoms with Crippen LogP contribution < -0.4 is 11.1 Å². The van der Waals surface area contributed by atoms with Crippen LogP contribution in [0.25, 0.3) is 0 Å². The molecular formula is C11H17N3O2S. The molecule has 0 aliphatic carbocycles. The third kappa shape index (κ3) is 4.52. The number of anilines is 2. The van der Waals surface area contributed by atoms with Crippen LogP contribution >= 0.6 is 11.8 Å². The molecule has 94 valence electrons. The number of nitro groups is 1. The van der Waals surface area contributed by atoms with Gasteiger partial charge in [-0.1, -0.05) is 0 Å². The van der Waals surface area contributed by atoms with E-state index >= 15 is 0 Å². The third-order valence-electron chi connectivity index (χ3n) is 2.34. The van der Waals surface area contributed by atoms with E-state index in [2.05, 4.69) is 11.6 Å². The number of thioether (sulfide) groups is 1. The van der Waals surface area contributed by atoms with Gasteiger partial charge in [0.25, 0.3) is 5.69 Å². The van der Waals surface area contributed by atoms with E-state index in [1.807, 2.05) is 11.8 Å². The van der Waals surface area contributed by atoms with Gasteiger partial charge < -0.3 is 11.1 Å². The minimum Gasteiger partial charge on any atom is -0.397 e. The van der Waals surface area contributed by atoms with Crippen LogP contribution in [-0.4, -0.2) is 23.5 Å². The SMILES string of the molecule is CSCCCCNc1ccc([N+](=O)[O-])cc1N. The van der Waals surface area contributed by atoms with Crippen molar-refractivity contribution in [3.8, 4) is 0 Å². The molecule has 6 heteroatoms. The minimum absolute atomic E-state index is 0.0235. The summed E-state index contributed by atoms with van der Waals surface area (Å²) in [6.07, 6.45) is 4.31. The van der Waals surface area contributed by atoms with Gasteiger partial charge in [0.1, 0.15) is 0 Å². The van der Waals surface area contributed by atoms with Crippen LogP contribution in [0.4, 0.5) is 17.1 Å². The molecular weight excluding hydrogens is 238 g/mol. The first kappa shape index (κ1) is 13.6. The number of nitrogens with one attached hydrogen (secondary N) is 1. The Labute approximate surface area is 105 Å². The fraction of sp³-hybridized carbons (Fsp3) is 0.455. The highest BCUT2D eigenvalue weighted by atomic mass is 32.2. The molecule has 0 spiro atoms. The van der Waals surface area contributed by atoms with Gasteiger partial charge in [0.05, 0.1) is 16.3 Å². The molecule has 0 saturated heterocycles. The molecule has 1 rings (SSSR count). The monoisotopic (exact) mass is 255 g/mol. The highest BCUT2D eigenvalue weighted by Crippen LogP contribution is 2.23. The summed E-state index contributed by atoms with van der Waals surface area (Å²) in [7, 11) is 0. The zero-order chi connectivity index (χ0) is 12.7. The number of nitro benzene ring substituents is 1. The van der Waals surface area contributed by atoms with Crippen molar-refractivity contribution in [3.05, 3.63) is 28.3 Å². The van der Waals surface area contributed by atoms with Crippen molar-refractivity contribution in [2.75, 3.05) is 29.6 Å². The standard InChI is InChI=1S/C11H17N3O2S/c1-17-7-3-2-6-13-11-5-4-9(14(15)16)8-10(11)12/h4-5,8,13H,2-3,6-7,12H2,1H3. The molecule has 0 aliphatic rings. The molecule has 0 bridgehead atoms. The zero-order valence-electron chi connectivity index (χ0n) is 9.81. The Morgan fingerprint density at radius 3 is 2.82 bits per heavy atom. The summed E-state index contributed by atoms with van der Waals surface area (Å²) in [5.74, 6) is 1.15. The van der Waals surface area contributed by atoms with Crippen LogP contribution in [0, 0.1) is 10.1 Å². The van der Waals surface area contributed by atoms with Gasteiger partial charge in [0, 0.05) is 18.7 Å². The summed E-state index contributed by atoms with van der Waals surface area (Å²) in [6, 6.07) is 4.49. The zero-order valence-corrected chi connectivity index (χ0v) is 10.6. The van der Waals surface area contributed by atoms with Crippen molar-refractivity contribution < 1.29 is 4.92 Å². The Kier molecular flexibility index (Phi) is 5.62. The van der Waals surface area contributed by atoms with Crippen LogP contribution in [0.5, 0.6) is 0 Å². The first-order chi connectivity index (χ1) is 8.15. The number of hydrogen-bond donors (Lipinski definition) is 2. The number of rotatable bonds is 7. The lowest BCUT2D eigenvalue weighted by atomic mass is 10.2. The van der Waals surface area contributed by atoms with Crippen LogP contribution in [0.1, 0.15) is 12.8 Å². The summed E-state index contributed by atoms with van der Waals surface area (Å²) in [4.78, 5) is 10.1. The highest BCUT2D eigenvalue weighted by Gasteiger charge is 2.07. The lowest BCUT2D eigenvalue weighted by Crippen LogP contribution is -2.05. The normalized spacial score (nSPS) is 10.2. The van der Waals surface area contributed by atoms with Crippen molar-refractivity contribution >= 4 is 28.8 Å². The molecule has 0 aliphatic heterocycles. The van der Waals surface area contributed by atoms with E-state index in [9.17, 15) is 10.1 Å². The summed E-state index contributed by atoms with van der Waals surface area (Å²) >= 11 is 1.83. The molecule has 0 saturated carbocycles. The molecule has 0 radical (unpaired) electrons. The van der Waals surface area contributed by atoms with Crippen LogP contribution in [0.15, 0.2) is 18.2 Å². The molecule has 0 unspecified atom stereocenters. The number of hydrogen-bond acceptors (Lipinski definition) is 5. The maximum absolute atomic E-state index is 10.5. The average Bonchev–Trinajstić information content (AvgIpc) is 2.30. The van der Waals surface area contributed by atoms with E-state index in [1.54, 1.807) is 6.07 Å². The minimum atomic E-state index is -0.446. The Balaban J connectivity index is 2.46. The molecule has 0 fully saturated rings. The van der Waals surface area contributed by atoms with Gasteiger partial charge in [0.15, 0.2) is 0 Å². The molecule has 0 amide bonds. The number of nitrogens with two attached hydrogens (primary N) is 1. The molecule has 5 nitrogen and oxygen atoms in total. The Morgan fingerprint density at radius 1 is 1.47 bits per heavy atom. The second-order valence-corrected chi connectivity index (χ2v) is 4.64. The van der Waals surface area contributed by atoms with Crippen LogP contribution in [0.3, 0.4) is 0 Å². The predicted molar refractivity (Wildman–Crippen MR) is 73.6 cm³/mol. The maximum atomic E-state index is 10.5. The van der Waals surface area contributed by atoms with Gasteiger partial charge in [-0.25, -0.2) is 0 Å². The van der Waals surface area contributed by atoms with Crippen molar-refractivity contribution in [1.29, 1.82) is 0 Å². The number of non-ortho nitro benzene ring substituents is 1. The van der Waals surface area contributed by atoms with E-state index in [4.69, 9.17) is 5.73 Å². The number of benzene rings is 1. The average molecular weight is 255 g/mol. The Bertz CT molecular complexity index is 385. The lowest BCUT2D eigenvalue weighted by molar-refractivity contribution is -0.384. The van der Waals surface area contributed by atoms with Gasteiger partial charge in [-0.3, -0.25) is 10.1 Å². The highest BCUT2D eigenvalue weighted by molar-refractivity contribution is 7.98. The number of nitrogen functional groups attached to an aromatic ring is 1. The van der Waals surface area contributed by atoms with Crippen LogP contribution in [-0.2, 0) is 0 Å². The fourth-order valence-corrected chi connectivity index (χ4v) is 1.91. The van der Waals surface area contributed by atoms with E-state index in [1.165, 1.54) is 12.1 Å². The second-order valence-electron chi connectivity index (χ2n) is 3.66. The molecule has 1 aromatic carbocycles. The molecule has 3 N–H and O–H groups in total. The smallest absolute Gasteiger partial charge is 0.271 e. The number of unbranched alkanes of at least 4 members (excludes halogenated alkanes) is 1. The van der Waals surface area contributed by atoms with Crippen molar-refractivity contribution in [2.45, 2.75) is 12.8 Å². The molecule has 0 heterocycles. The van der Waals surface area contributed by atoms with Crippen molar-refractivity contribution in [3.63, 3.8) is 0 Å². The third-order valence-corrected chi connectivity index (χ3v) is 3.03. The van der Waals surface area contributed by atoms with E-state index < -0.39 is 4.92 Å². The van der Waals surface area contributed by atoms with Gasteiger partial charge in [-0.05, 0) is 30.9 Å². The topological polar surface area (TPSA) is 81.2 Å². The maximum Gasteiger partial charge on any atom is 0.271 e. The van der Waals surface area contributed by atoms with Crippen molar-refractivity contribution in [2.24, 2.45) is 0 Å². The van der Waals surface area contributed by atoms with E-state index in [0.29, 0.717) is 5.69 Å². The summed E-state index contributed by atoms with van der Waals surface area (Å²) in [5.41, 5.74) is 6.94. The fourth-order valence-electron chi connectivity index (χ4n) is 1.42.